The Labute approximate surface area is 162 Å². The number of hydrogen-bond donors (Lipinski definition) is 0. The number of hydrogen-bond acceptors (Lipinski definition) is 5. The highest BCUT2D eigenvalue weighted by molar-refractivity contribution is 5.89. The van der Waals surface area contributed by atoms with Crippen molar-refractivity contribution in [3.63, 3.8) is 0 Å². The highest BCUT2D eigenvalue weighted by Gasteiger charge is 2.46. The quantitative estimate of drug-likeness (QED) is 0.723. The van der Waals surface area contributed by atoms with Crippen molar-refractivity contribution in [1.29, 1.82) is 0 Å². The van der Waals surface area contributed by atoms with Crippen LogP contribution in [0.15, 0.2) is 24.3 Å². The Morgan fingerprint density at radius 2 is 1.68 bits per heavy atom. The molecule has 9 heteroatoms. The van der Waals surface area contributed by atoms with Gasteiger partial charge < -0.3 is 14.4 Å². The van der Waals surface area contributed by atoms with Crippen LogP contribution in [0, 0.1) is 0 Å². The molecule has 1 aliphatic heterocycles. The van der Waals surface area contributed by atoms with Crippen LogP contribution in [0.3, 0.4) is 0 Å². The van der Waals surface area contributed by atoms with Crippen molar-refractivity contribution in [2.45, 2.75) is 38.6 Å². The van der Waals surface area contributed by atoms with E-state index in [1.165, 1.54) is 41.2 Å². The Morgan fingerprint density at radius 1 is 1.07 bits per heavy atom. The second-order valence-corrected chi connectivity index (χ2v) is 7.56. The van der Waals surface area contributed by atoms with Gasteiger partial charge in [0.25, 0.3) is 0 Å². The Balaban J connectivity index is 2.17. The molecular formula is C19H25F3N2O4. The van der Waals surface area contributed by atoms with Gasteiger partial charge in [0, 0.05) is 26.2 Å². The highest BCUT2D eigenvalue weighted by Crippen LogP contribution is 2.38. The molecule has 0 spiro atoms. The van der Waals surface area contributed by atoms with Crippen molar-refractivity contribution in [2.24, 2.45) is 0 Å². The van der Waals surface area contributed by atoms with Gasteiger partial charge in [0.05, 0.1) is 12.7 Å². The Bertz CT molecular complexity index is 708. The standard InChI is InChI=1S/C19H25F3N2O4/c1-18(2,3)28-17(26)24-10-8-23(9-11-24)15(19(20,21)22)13-6-5-7-14(12-13)16(25)27-4/h5-7,12,15H,8-11H2,1-4H3. The first-order valence-corrected chi connectivity index (χ1v) is 8.89. The summed E-state index contributed by atoms with van der Waals surface area (Å²) in [6, 6.07) is 3.47. The van der Waals surface area contributed by atoms with Gasteiger partial charge in [0.2, 0.25) is 0 Å². The Kier molecular flexibility index (Phi) is 6.59. The van der Waals surface area contributed by atoms with Crippen LogP contribution >= 0.6 is 0 Å². The first kappa shape index (κ1) is 22.0. The van der Waals surface area contributed by atoms with Crippen LogP contribution in [-0.4, -0.2) is 66.9 Å². The first-order valence-electron chi connectivity index (χ1n) is 8.89. The molecule has 1 saturated heterocycles. The molecule has 0 bridgehead atoms. The maximum atomic E-state index is 13.8. The van der Waals surface area contributed by atoms with E-state index in [2.05, 4.69) is 4.74 Å². The van der Waals surface area contributed by atoms with Gasteiger partial charge in [-0.05, 0) is 38.5 Å². The van der Waals surface area contributed by atoms with Crippen LogP contribution in [0.4, 0.5) is 18.0 Å². The van der Waals surface area contributed by atoms with Crippen molar-refractivity contribution in [3.05, 3.63) is 35.4 Å². The van der Waals surface area contributed by atoms with Crippen LogP contribution in [0.5, 0.6) is 0 Å². The van der Waals surface area contributed by atoms with Crippen LogP contribution in [0.1, 0.15) is 42.7 Å². The zero-order chi connectivity index (χ0) is 21.1. The van der Waals surface area contributed by atoms with Gasteiger partial charge in [0.15, 0.2) is 0 Å². The molecule has 1 aromatic rings. The predicted octanol–water partition coefficient (Wildman–Crippen LogP) is 3.63. The van der Waals surface area contributed by atoms with E-state index in [0.717, 1.165) is 0 Å². The van der Waals surface area contributed by atoms with E-state index < -0.39 is 29.9 Å². The highest BCUT2D eigenvalue weighted by atomic mass is 19.4. The monoisotopic (exact) mass is 402 g/mol. The summed E-state index contributed by atoms with van der Waals surface area (Å²) in [4.78, 5) is 26.5. The summed E-state index contributed by atoms with van der Waals surface area (Å²) in [5, 5.41) is 0. The summed E-state index contributed by atoms with van der Waals surface area (Å²) in [6.07, 6.45) is -5.08. The molecule has 1 atom stereocenters. The molecule has 1 amide bonds. The number of esters is 1. The summed E-state index contributed by atoms with van der Waals surface area (Å²) >= 11 is 0. The molecular weight excluding hydrogens is 377 g/mol. The van der Waals surface area contributed by atoms with E-state index in [1.54, 1.807) is 20.8 Å². The smallest absolute Gasteiger partial charge is 0.410 e. The Morgan fingerprint density at radius 3 is 2.18 bits per heavy atom. The number of carbonyl (C=O) groups is 2. The second kappa shape index (κ2) is 8.38. The van der Waals surface area contributed by atoms with Gasteiger partial charge in [-0.1, -0.05) is 12.1 Å². The lowest BCUT2D eigenvalue weighted by Crippen LogP contribution is -2.53. The minimum atomic E-state index is -4.54. The Hall–Kier alpha value is -2.29. The molecule has 28 heavy (non-hydrogen) atoms. The number of carbonyl (C=O) groups excluding carboxylic acids is 2. The normalized spacial score (nSPS) is 17.2. The van der Waals surface area contributed by atoms with Gasteiger partial charge in [-0.15, -0.1) is 0 Å². The van der Waals surface area contributed by atoms with Crippen molar-refractivity contribution in [1.82, 2.24) is 9.80 Å². The fourth-order valence-corrected chi connectivity index (χ4v) is 3.05. The second-order valence-electron chi connectivity index (χ2n) is 7.56. The van der Waals surface area contributed by atoms with Gasteiger partial charge in [-0.3, -0.25) is 4.90 Å². The molecule has 1 heterocycles. The average Bonchev–Trinajstić information content (AvgIpc) is 2.59. The van der Waals surface area contributed by atoms with E-state index in [0.29, 0.717) is 0 Å². The van der Waals surface area contributed by atoms with Gasteiger partial charge in [-0.2, -0.15) is 13.2 Å². The SMILES string of the molecule is COC(=O)c1cccc(C(N2CCN(C(=O)OC(C)(C)C)CC2)C(F)(F)F)c1. The van der Waals surface area contributed by atoms with Crippen molar-refractivity contribution < 1.29 is 32.2 Å². The lowest BCUT2D eigenvalue weighted by molar-refractivity contribution is -0.190. The molecule has 1 aromatic carbocycles. The molecule has 0 aliphatic carbocycles. The summed E-state index contributed by atoms with van der Waals surface area (Å²) in [5.41, 5.74) is -0.653. The fourth-order valence-electron chi connectivity index (χ4n) is 3.05. The molecule has 1 unspecified atom stereocenters. The number of amides is 1. The van der Waals surface area contributed by atoms with Crippen LogP contribution in [0.25, 0.3) is 0 Å². The maximum absolute atomic E-state index is 13.8. The lowest BCUT2D eigenvalue weighted by Gasteiger charge is -2.40. The van der Waals surface area contributed by atoms with Crippen molar-refractivity contribution in [2.75, 3.05) is 33.3 Å². The van der Waals surface area contributed by atoms with Crippen LogP contribution in [0.2, 0.25) is 0 Å². The molecule has 0 aromatic heterocycles. The molecule has 1 aliphatic rings. The topological polar surface area (TPSA) is 59.1 Å². The third-order valence-electron chi connectivity index (χ3n) is 4.26. The van der Waals surface area contributed by atoms with E-state index in [-0.39, 0.29) is 37.3 Å². The van der Waals surface area contributed by atoms with Gasteiger partial charge in [-0.25, -0.2) is 9.59 Å². The molecule has 0 saturated carbocycles. The minimum Gasteiger partial charge on any atom is -0.465 e. The molecule has 2 rings (SSSR count). The number of halogens is 3. The summed E-state index contributed by atoms with van der Waals surface area (Å²) < 4.78 is 51.3. The number of nitrogens with zero attached hydrogens (tertiary/aromatic N) is 2. The van der Waals surface area contributed by atoms with E-state index in [9.17, 15) is 22.8 Å². The summed E-state index contributed by atoms with van der Waals surface area (Å²) in [7, 11) is 1.17. The number of alkyl halides is 3. The predicted molar refractivity (Wildman–Crippen MR) is 96.0 cm³/mol. The zero-order valence-corrected chi connectivity index (χ0v) is 16.4. The number of rotatable bonds is 3. The van der Waals surface area contributed by atoms with Crippen LogP contribution in [-0.2, 0) is 9.47 Å². The third kappa shape index (κ3) is 5.60. The summed E-state index contributed by atoms with van der Waals surface area (Å²) in [5.74, 6) is -0.697. The average molecular weight is 402 g/mol. The van der Waals surface area contributed by atoms with Crippen LogP contribution < -0.4 is 0 Å². The van der Waals surface area contributed by atoms with Crippen molar-refractivity contribution in [3.8, 4) is 0 Å². The lowest BCUT2D eigenvalue weighted by atomic mass is 10.0. The first-order chi connectivity index (χ1) is 12.9. The minimum absolute atomic E-state index is 0.0336. The van der Waals surface area contributed by atoms with E-state index in [1.807, 2.05) is 0 Å². The van der Waals surface area contributed by atoms with Gasteiger partial charge in [0.1, 0.15) is 11.6 Å². The third-order valence-corrected chi connectivity index (χ3v) is 4.26. The van der Waals surface area contributed by atoms with E-state index in [4.69, 9.17) is 4.74 Å². The molecule has 156 valence electrons. The molecule has 0 N–H and O–H groups in total. The number of piperazine rings is 1. The largest absolute Gasteiger partial charge is 0.465 e. The zero-order valence-electron chi connectivity index (χ0n) is 16.4. The van der Waals surface area contributed by atoms with Gasteiger partial charge >= 0.3 is 18.2 Å². The molecule has 0 radical (unpaired) electrons. The number of methoxy groups -OCH3 is 1. The van der Waals surface area contributed by atoms with Crippen molar-refractivity contribution >= 4 is 12.1 Å². The molecule has 1 fully saturated rings. The number of ether oxygens (including phenoxy) is 2. The summed E-state index contributed by atoms with van der Waals surface area (Å²) in [6.45, 7) is 5.51. The molecule has 6 nitrogen and oxygen atoms in total. The fraction of sp³-hybridized carbons (Fsp3) is 0.579. The number of benzene rings is 1. The maximum Gasteiger partial charge on any atom is 0.410 e. The van der Waals surface area contributed by atoms with E-state index >= 15 is 0 Å².